The highest BCUT2D eigenvalue weighted by atomic mass is 19.1. The minimum Gasteiger partial charge on any atom is -0.348 e. The maximum absolute atomic E-state index is 13.2. The molecule has 0 radical (unpaired) electrons. The molecule has 0 fully saturated rings. The van der Waals surface area contributed by atoms with Crippen molar-refractivity contribution in [3.05, 3.63) is 81.7 Å². The third-order valence-corrected chi connectivity index (χ3v) is 3.53. The molecule has 3 aromatic rings. The Balaban J connectivity index is 1.82. The van der Waals surface area contributed by atoms with E-state index in [1.165, 1.54) is 16.7 Å². The van der Waals surface area contributed by atoms with Gasteiger partial charge in [-0.15, -0.1) is 0 Å². The first-order valence-corrected chi connectivity index (χ1v) is 7.06. The molecule has 5 nitrogen and oxygen atoms in total. The first-order chi connectivity index (χ1) is 11.1. The van der Waals surface area contributed by atoms with Crippen LogP contribution in [0.1, 0.15) is 21.5 Å². The zero-order chi connectivity index (χ0) is 16.4. The molecule has 1 N–H and O–H groups in total. The van der Waals surface area contributed by atoms with E-state index < -0.39 is 11.5 Å². The van der Waals surface area contributed by atoms with Crippen LogP contribution in [0.4, 0.5) is 4.39 Å². The van der Waals surface area contributed by atoms with Gasteiger partial charge in [0.2, 0.25) is 0 Å². The summed E-state index contributed by atoms with van der Waals surface area (Å²) < 4.78 is 14.5. The van der Waals surface area contributed by atoms with E-state index in [0.29, 0.717) is 11.2 Å². The molecule has 1 aromatic carbocycles. The second-order valence-corrected chi connectivity index (χ2v) is 5.17. The van der Waals surface area contributed by atoms with E-state index in [2.05, 4.69) is 10.3 Å². The van der Waals surface area contributed by atoms with Gasteiger partial charge in [-0.25, -0.2) is 9.37 Å². The molecule has 2 aromatic heterocycles. The molecule has 6 heteroatoms. The van der Waals surface area contributed by atoms with Gasteiger partial charge in [-0.05, 0) is 36.2 Å². The summed E-state index contributed by atoms with van der Waals surface area (Å²) in [5, 5.41) is 2.65. The SMILES string of the molecule is Cc1cc(CNC(=O)c2cnc3ccccn3c2=O)ccc1F. The number of carbonyl (C=O) groups excluding carboxylic acids is 1. The smallest absolute Gasteiger partial charge is 0.270 e. The number of aromatic nitrogens is 2. The van der Waals surface area contributed by atoms with Crippen molar-refractivity contribution in [3.63, 3.8) is 0 Å². The van der Waals surface area contributed by atoms with E-state index in [-0.39, 0.29) is 17.9 Å². The van der Waals surface area contributed by atoms with Gasteiger partial charge >= 0.3 is 0 Å². The average Bonchev–Trinajstić information content (AvgIpc) is 2.56. The number of fused-ring (bicyclic) bond motifs is 1. The van der Waals surface area contributed by atoms with Crippen LogP contribution in [0.15, 0.2) is 53.6 Å². The van der Waals surface area contributed by atoms with E-state index in [4.69, 9.17) is 0 Å². The van der Waals surface area contributed by atoms with Gasteiger partial charge in [0.15, 0.2) is 0 Å². The maximum atomic E-state index is 13.2. The number of hydrogen-bond donors (Lipinski definition) is 1. The Labute approximate surface area is 131 Å². The predicted octanol–water partition coefficient (Wildman–Crippen LogP) is 2.07. The highest BCUT2D eigenvalue weighted by molar-refractivity contribution is 5.93. The highest BCUT2D eigenvalue weighted by Gasteiger charge is 2.13. The molecule has 0 saturated heterocycles. The largest absolute Gasteiger partial charge is 0.348 e. The van der Waals surface area contributed by atoms with Crippen LogP contribution in [0.3, 0.4) is 0 Å². The third kappa shape index (κ3) is 2.96. The van der Waals surface area contributed by atoms with Crippen LogP contribution in [0.5, 0.6) is 0 Å². The van der Waals surface area contributed by atoms with Gasteiger partial charge in [-0.1, -0.05) is 18.2 Å². The van der Waals surface area contributed by atoms with E-state index in [0.717, 1.165) is 5.56 Å². The topological polar surface area (TPSA) is 63.5 Å². The number of hydrogen-bond acceptors (Lipinski definition) is 3. The quantitative estimate of drug-likeness (QED) is 0.805. The predicted molar refractivity (Wildman–Crippen MR) is 83.8 cm³/mol. The Morgan fingerprint density at radius 2 is 2.13 bits per heavy atom. The molecule has 0 unspecified atom stereocenters. The number of amides is 1. The molecule has 3 rings (SSSR count). The molecular weight excluding hydrogens is 297 g/mol. The molecule has 0 saturated carbocycles. The number of nitrogens with zero attached hydrogens (tertiary/aromatic N) is 2. The van der Waals surface area contributed by atoms with Crippen molar-refractivity contribution in [2.75, 3.05) is 0 Å². The molecule has 116 valence electrons. The molecule has 0 atom stereocenters. The molecular formula is C17H14FN3O2. The number of aryl methyl sites for hydroxylation is 1. The van der Waals surface area contributed by atoms with Crippen LogP contribution in [0.25, 0.3) is 5.65 Å². The summed E-state index contributed by atoms with van der Waals surface area (Å²) in [7, 11) is 0. The molecule has 0 aliphatic rings. The van der Waals surface area contributed by atoms with Crippen molar-refractivity contribution in [2.24, 2.45) is 0 Å². The lowest BCUT2D eigenvalue weighted by Crippen LogP contribution is -2.31. The summed E-state index contributed by atoms with van der Waals surface area (Å²) in [5.74, 6) is -0.806. The fraction of sp³-hybridized carbons (Fsp3) is 0.118. The molecule has 0 bridgehead atoms. The summed E-state index contributed by atoms with van der Waals surface area (Å²) in [6.45, 7) is 1.86. The van der Waals surface area contributed by atoms with Crippen molar-refractivity contribution >= 4 is 11.6 Å². The van der Waals surface area contributed by atoms with Gasteiger partial charge in [0.1, 0.15) is 17.0 Å². The highest BCUT2D eigenvalue weighted by Crippen LogP contribution is 2.09. The van der Waals surface area contributed by atoms with Crippen molar-refractivity contribution in [2.45, 2.75) is 13.5 Å². The molecule has 0 aliphatic heterocycles. The second-order valence-electron chi connectivity index (χ2n) is 5.17. The molecule has 0 aliphatic carbocycles. The lowest BCUT2D eigenvalue weighted by Gasteiger charge is -2.07. The van der Waals surface area contributed by atoms with E-state index in [1.54, 1.807) is 43.5 Å². The zero-order valence-corrected chi connectivity index (χ0v) is 12.4. The first-order valence-electron chi connectivity index (χ1n) is 7.06. The third-order valence-electron chi connectivity index (χ3n) is 3.53. The van der Waals surface area contributed by atoms with Crippen molar-refractivity contribution in [3.8, 4) is 0 Å². The summed E-state index contributed by atoms with van der Waals surface area (Å²) in [6.07, 6.45) is 2.83. The minimum atomic E-state index is -0.511. The Hall–Kier alpha value is -3.02. The lowest BCUT2D eigenvalue weighted by molar-refractivity contribution is 0.0949. The van der Waals surface area contributed by atoms with E-state index in [1.807, 2.05) is 0 Å². The van der Waals surface area contributed by atoms with Crippen molar-refractivity contribution < 1.29 is 9.18 Å². The van der Waals surface area contributed by atoms with E-state index in [9.17, 15) is 14.0 Å². The molecule has 2 heterocycles. The number of halogens is 1. The molecule has 1 amide bonds. The van der Waals surface area contributed by atoms with Gasteiger partial charge in [-0.2, -0.15) is 0 Å². The Morgan fingerprint density at radius 1 is 1.30 bits per heavy atom. The van der Waals surface area contributed by atoms with Gasteiger partial charge in [0.05, 0.1) is 0 Å². The van der Waals surface area contributed by atoms with Crippen LogP contribution in [-0.4, -0.2) is 15.3 Å². The zero-order valence-electron chi connectivity index (χ0n) is 12.4. The summed E-state index contributed by atoms with van der Waals surface area (Å²) in [4.78, 5) is 28.6. The molecule has 23 heavy (non-hydrogen) atoms. The second kappa shape index (κ2) is 6.00. The normalized spacial score (nSPS) is 10.7. The van der Waals surface area contributed by atoms with Crippen LogP contribution in [-0.2, 0) is 6.54 Å². The summed E-state index contributed by atoms with van der Waals surface area (Å²) in [5.41, 5.74) is 1.27. The Morgan fingerprint density at radius 3 is 2.91 bits per heavy atom. The monoisotopic (exact) mass is 311 g/mol. The van der Waals surface area contributed by atoms with Gasteiger partial charge < -0.3 is 5.32 Å². The van der Waals surface area contributed by atoms with Gasteiger partial charge in [0.25, 0.3) is 11.5 Å². The Bertz CT molecular complexity index is 950. The Kier molecular flexibility index (Phi) is 3.89. The fourth-order valence-electron chi connectivity index (χ4n) is 2.28. The first kappa shape index (κ1) is 14.9. The number of nitrogens with one attached hydrogen (secondary N) is 1. The molecule has 0 spiro atoms. The van der Waals surface area contributed by atoms with E-state index >= 15 is 0 Å². The van der Waals surface area contributed by atoms with Crippen LogP contribution in [0.2, 0.25) is 0 Å². The number of benzene rings is 1. The van der Waals surface area contributed by atoms with Crippen LogP contribution >= 0.6 is 0 Å². The number of carbonyl (C=O) groups is 1. The van der Waals surface area contributed by atoms with Crippen LogP contribution in [0, 0.1) is 12.7 Å². The average molecular weight is 311 g/mol. The lowest BCUT2D eigenvalue weighted by atomic mass is 10.1. The number of pyridine rings is 1. The van der Waals surface area contributed by atoms with Gasteiger partial charge in [0, 0.05) is 18.9 Å². The summed E-state index contributed by atoms with van der Waals surface area (Å²) in [6, 6.07) is 9.74. The standard InChI is InChI=1S/C17H14FN3O2/c1-11-8-12(5-6-14(11)18)9-20-16(22)13-10-19-15-4-2-3-7-21(15)17(13)23/h2-8,10H,9H2,1H3,(H,20,22). The maximum Gasteiger partial charge on any atom is 0.270 e. The van der Waals surface area contributed by atoms with Crippen molar-refractivity contribution in [1.29, 1.82) is 0 Å². The van der Waals surface area contributed by atoms with Gasteiger partial charge in [-0.3, -0.25) is 14.0 Å². The number of rotatable bonds is 3. The van der Waals surface area contributed by atoms with Crippen LogP contribution < -0.4 is 10.9 Å². The fourth-order valence-corrected chi connectivity index (χ4v) is 2.28. The minimum absolute atomic E-state index is 0.0347. The summed E-state index contributed by atoms with van der Waals surface area (Å²) >= 11 is 0. The van der Waals surface area contributed by atoms with Crippen molar-refractivity contribution in [1.82, 2.24) is 14.7 Å².